The lowest BCUT2D eigenvalue weighted by molar-refractivity contribution is -0.167. The number of allylic oxidation sites excluding steroid dienone is 14. The number of ether oxygens (including phenoxy) is 3. The van der Waals surface area contributed by atoms with Crippen molar-refractivity contribution in [3.8, 4) is 0 Å². The fourth-order valence-corrected chi connectivity index (χ4v) is 6.70. The van der Waals surface area contributed by atoms with Crippen LogP contribution in [0.4, 0.5) is 0 Å². The molecule has 0 N–H and O–H groups in total. The van der Waals surface area contributed by atoms with E-state index in [0.717, 1.165) is 64.2 Å². The molecule has 0 heterocycles. The number of carbonyl (C=O) groups excluding carboxylic acids is 3. The lowest BCUT2D eigenvalue weighted by atomic mass is 10.1. The number of unbranched alkanes of at least 4 members (excludes halogenated alkanes) is 23. The number of esters is 3. The van der Waals surface area contributed by atoms with Crippen LogP contribution in [0.3, 0.4) is 0 Å². The number of hydrogen-bond acceptors (Lipinski definition) is 6. The topological polar surface area (TPSA) is 78.9 Å². The highest BCUT2D eigenvalue weighted by atomic mass is 16.6. The molecule has 0 bridgehead atoms. The SMILES string of the molecule is CC\C=C/C=C\C=C/C=C\C=C/CCCC(=O)OC(COC(=O)CCCCC/C=C\CCCCCCCC)COC(=O)CCCCCCCCC/C=C\CCCCCCCC. The van der Waals surface area contributed by atoms with Crippen molar-refractivity contribution in [3.05, 3.63) is 85.1 Å². The summed E-state index contributed by atoms with van der Waals surface area (Å²) in [6.07, 6.45) is 62.9. The van der Waals surface area contributed by atoms with E-state index >= 15 is 0 Å². The van der Waals surface area contributed by atoms with Gasteiger partial charge in [-0.3, -0.25) is 14.4 Å². The highest BCUT2D eigenvalue weighted by Gasteiger charge is 2.19. The fraction of sp³-hybridized carbons (Fsp3) is 0.691. The summed E-state index contributed by atoms with van der Waals surface area (Å²) in [6, 6.07) is 0. The zero-order valence-electron chi connectivity index (χ0n) is 39.7. The van der Waals surface area contributed by atoms with Gasteiger partial charge >= 0.3 is 17.9 Å². The van der Waals surface area contributed by atoms with Crippen LogP contribution in [0.15, 0.2) is 85.1 Å². The highest BCUT2D eigenvalue weighted by Crippen LogP contribution is 2.13. The van der Waals surface area contributed by atoms with Gasteiger partial charge in [0.25, 0.3) is 0 Å². The molecule has 0 amide bonds. The molecule has 6 nitrogen and oxygen atoms in total. The van der Waals surface area contributed by atoms with Crippen molar-refractivity contribution in [2.45, 2.75) is 232 Å². The molecule has 0 spiro atoms. The van der Waals surface area contributed by atoms with Gasteiger partial charge in [-0.2, -0.15) is 0 Å². The maximum absolute atomic E-state index is 12.7. The predicted octanol–water partition coefficient (Wildman–Crippen LogP) is 16.4. The van der Waals surface area contributed by atoms with Crippen LogP contribution in [0, 0.1) is 0 Å². The molecule has 0 saturated heterocycles. The summed E-state index contributed by atoms with van der Waals surface area (Å²) in [7, 11) is 0. The average Bonchev–Trinajstić information content (AvgIpc) is 3.26. The first-order valence-corrected chi connectivity index (χ1v) is 25.2. The second-order valence-corrected chi connectivity index (χ2v) is 16.5. The Balaban J connectivity index is 4.48. The van der Waals surface area contributed by atoms with E-state index in [-0.39, 0.29) is 37.5 Å². The quantitative estimate of drug-likeness (QED) is 0.0200. The Kier molecular flexibility index (Phi) is 46.5. The maximum atomic E-state index is 12.7. The molecule has 0 radical (unpaired) electrons. The van der Waals surface area contributed by atoms with Crippen molar-refractivity contribution >= 4 is 17.9 Å². The van der Waals surface area contributed by atoms with E-state index in [9.17, 15) is 14.4 Å². The van der Waals surface area contributed by atoms with E-state index in [1.54, 1.807) is 0 Å². The van der Waals surface area contributed by atoms with Crippen molar-refractivity contribution in [2.24, 2.45) is 0 Å². The van der Waals surface area contributed by atoms with Gasteiger partial charge in [-0.05, 0) is 83.5 Å². The Morgan fingerprint density at radius 3 is 1.10 bits per heavy atom. The van der Waals surface area contributed by atoms with Gasteiger partial charge in [-0.1, -0.05) is 209 Å². The summed E-state index contributed by atoms with van der Waals surface area (Å²) >= 11 is 0. The largest absolute Gasteiger partial charge is 0.462 e. The van der Waals surface area contributed by atoms with E-state index in [1.807, 2.05) is 54.7 Å². The summed E-state index contributed by atoms with van der Waals surface area (Å²) in [5, 5.41) is 0. The van der Waals surface area contributed by atoms with Crippen molar-refractivity contribution < 1.29 is 28.6 Å². The summed E-state index contributed by atoms with van der Waals surface area (Å²) in [5.41, 5.74) is 0. The van der Waals surface area contributed by atoms with E-state index in [2.05, 4.69) is 51.2 Å². The number of hydrogen-bond donors (Lipinski definition) is 0. The first-order chi connectivity index (χ1) is 30.0. The fourth-order valence-electron chi connectivity index (χ4n) is 6.70. The lowest BCUT2D eigenvalue weighted by Crippen LogP contribution is -2.30. The van der Waals surface area contributed by atoms with Crippen LogP contribution < -0.4 is 0 Å². The molecule has 0 aliphatic carbocycles. The summed E-state index contributed by atoms with van der Waals surface area (Å²) in [6.45, 7) is 6.39. The predicted molar refractivity (Wildman–Crippen MR) is 261 cm³/mol. The molecule has 0 rings (SSSR count). The Bertz CT molecular complexity index is 1200. The molecule has 0 aromatic rings. The molecule has 0 aromatic heterocycles. The van der Waals surface area contributed by atoms with Gasteiger partial charge in [0.05, 0.1) is 0 Å². The zero-order chi connectivity index (χ0) is 44.4. The third-order valence-electron chi connectivity index (χ3n) is 10.5. The highest BCUT2D eigenvalue weighted by molar-refractivity contribution is 5.71. The van der Waals surface area contributed by atoms with Gasteiger partial charge in [0.2, 0.25) is 0 Å². The molecular formula is C55H92O6. The minimum atomic E-state index is -0.820. The Morgan fingerprint density at radius 1 is 0.344 bits per heavy atom. The molecule has 0 aliphatic heterocycles. The molecule has 61 heavy (non-hydrogen) atoms. The minimum Gasteiger partial charge on any atom is -0.462 e. The molecule has 1 unspecified atom stereocenters. The van der Waals surface area contributed by atoms with Crippen LogP contribution in [-0.4, -0.2) is 37.2 Å². The third-order valence-corrected chi connectivity index (χ3v) is 10.5. The monoisotopic (exact) mass is 849 g/mol. The van der Waals surface area contributed by atoms with E-state index in [0.29, 0.717) is 19.3 Å². The Hall–Kier alpha value is -3.41. The zero-order valence-corrected chi connectivity index (χ0v) is 39.7. The smallest absolute Gasteiger partial charge is 0.306 e. The van der Waals surface area contributed by atoms with Gasteiger partial charge in [-0.15, -0.1) is 0 Å². The second-order valence-electron chi connectivity index (χ2n) is 16.5. The number of rotatable bonds is 44. The van der Waals surface area contributed by atoms with Gasteiger partial charge in [0, 0.05) is 19.3 Å². The number of carbonyl (C=O) groups is 3. The molecular weight excluding hydrogens is 757 g/mol. The molecule has 0 saturated carbocycles. The summed E-state index contributed by atoms with van der Waals surface area (Å²) < 4.78 is 16.7. The van der Waals surface area contributed by atoms with Crippen LogP contribution in [-0.2, 0) is 28.6 Å². The van der Waals surface area contributed by atoms with Crippen LogP contribution in [0.1, 0.15) is 226 Å². The molecule has 0 aliphatic rings. The van der Waals surface area contributed by atoms with Gasteiger partial charge in [0.1, 0.15) is 13.2 Å². The van der Waals surface area contributed by atoms with Crippen LogP contribution in [0.5, 0.6) is 0 Å². The van der Waals surface area contributed by atoms with E-state index < -0.39 is 6.10 Å². The van der Waals surface area contributed by atoms with Gasteiger partial charge in [-0.25, -0.2) is 0 Å². The van der Waals surface area contributed by atoms with Crippen LogP contribution in [0.25, 0.3) is 0 Å². The van der Waals surface area contributed by atoms with Crippen molar-refractivity contribution in [3.63, 3.8) is 0 Å². The van der Waals surface area contributed by atoms with Gasteiger partial charge in [0.15, 0.2) is 6.10 Å². The van der Waals surface area contributed by atoms with Gasteiger partial charge < -0.3 is 14.2 Å². The van der Waals surface area contributed by atoms with Crippen molar-refractivity contribution in [2.75, 3.05) is 13.2 Å². The minimum absolute atomic E-state index is 0.112. The standard InChI is InChI=1S/C55H92O6/c1-4-7-10-13-16-19-22-25-26-27-28-31-33-36-39-42-45-48-54(57)60-51-52(61-55(58)49-46-43-40-37-34-30-24-21-18-15-12-9-6-3)50-59-53(56)47-44-41-38-35-32-29-23-20-17-14-11-8-5-2/h9,12,15,18,21,24-26,29-30,32,34,37,40,52H,4-8,10-11,13-14,16-17,19-20,22-23,27-28,31,33,35-36,38-39,41-51H2,1-3H3/b12-9-,18-15-,24-21-,26-25-,32-29-,34-30-,40-37-. The summed E-state index contributed by atoms with van der Waals surface area (Å²) in [5.74, 6) is -1.01. The van der Waals surface area contributed by atoms with Crippen molar-refractivity contribution in [1.29, 1.82) is 0 Å². The van der Waals surface area contributed by atoms with Crippen molar-refractivity contribution in [1.82, 2.24) is 0 Å². The molecule has 1 atom stereocenters. The van der Waals surface area contributed by atoms with Crippen LogP contribution in [0.2, 0.25) is 0 Å². The Morgan fingerprint density at radius 2 is 0.672 bits per heavy atom. The molecule has 6 heteroatoms. The second kappa shape index (κ2) is 49.2. The van der Waals surface area contributed by atoms with E-state index in [1.165, 1.54) is 116 Å². The summed E-state index contributed by atoms with van der Waals surface area (Å²) in [4.78, 5) is 37.9. The molecule has 348 valence electrons. The Labute approximate surface area is 375 Å². The van der Waals surface area contributed by atoms with E-state index in [4.69, 9.17) is 14.2 Å². The first kappa shape index (κ1) is 57.6. The molecule has 0 aromatic carbocycles. The normalized spacial score (nSPS) is 12.8. The maximum Gasteiger partial charge on any atom is 0.306 e. The lowest BCUT2D eigenvalue weighted by Gasteiger charge is -2.18. The average molecular weight is 849 g/mol. The molecule has 0 fully saturated rings. The first-order valence-electron chi connectivity index (χ1n) is 25.2. The van der Waals surface area contributed by atoms with Crippen LogP contribution >= 0.6 is 0 Å². The third kappa shape index (κ3) is 47.5.